The van der Waals surface area contributed by atoms with Gasteiger partial charge in [-0.1, -0.05) is 6.07 Å². The number of hydrogen-bond acceptors (Lipinski definition) is 6. The Morgan fingerprint density at radius 2 is 2.09 bits per heavy atom. The lowest BCUT2D eigenvalue weighted by Crippen LogP contribution is -2.14. The monoisotopic (exact) mass is 323 g/mol. The standard InChI is InChI=1S/C16H13N5OS/c22-15(13-7-12(10-4-5-10)18-9-19-13)21-16-20-14(8-23-16)11-3-1-2-6-17-11/h1-3,6-10H,4-5H2,(H,20,21,22). The van der Waals surface area contributed by atoms with Crippen LogP contribution in [0.3, 0.4) is 0 Å². The number of nitrogens with zero attached hydrogens (tertiary/aromatic N) is 4. The van der Waals surface area contributed by atoms with Gasteiger partial charge in [0.25, 0.3) is 5.91 Å². The van der Waals surface area contributed by atoms with E-state index in [1.807, 2.05) is 23.6 Å². The fourth-order valence-electron chi connectivity index (χ4n) is 2.22. The molecule has 0 bridgehead atoms. The summed E-state index contributed by atoms with van der Waals surface area (Å²) >= 11 is 1.36. The van der Waals surface area contributed by atoms with Crippen LogP contribution in [0.15, 0.2) is 42.2 Å². The van der Waals surface area contributed by atoms with E-state index in [0.717, 1.165) is 29.9 Å². The van der Waals surface area contributed by atoms with Crippen molar-refractivity contribution in [2.75, 3.05) is 5.32 Å². The zero-order valence-corrected chi connectivity index (χ0v) is 13.0. The van der Waals surface area contributed by atoms with Crippen LogP contribution in [0.2, 0.25) is 0 Å². The minimum atomic E-state index is -0.267. The summed E-state index contributed by atoms with van der Waals surface area (Å²) in [7, 11) is 0. The van der Waals surface area contributed by atoms with Crippen molar-refractivity contribution in [2.45, 2.75) is 18.8 Å². The summed E-state index contributed by atoms with van der Waals surface area (Å²) in [5, 5.41) is 5.18. The van der Waals surface area contributed by atoms with Crippen molar-refractivity contribution in [3.05, 3.63) is 53.6 Å². The molecule has 4 rings (SSSR count). The van der Waals surface area contributed by atoms with Crippen molar-refractivity contribution in [3.63, 3.8) is 0 Å². The van der Waals surface area contributed by atoms with E-state index in [1.165, 1.54) is 17.7 Å². The number of nitrogens with one attached hydrogen (secondary N) is 1. The van der Waals surface area contributed by atoms with Gasteiger partial charge in [0, 0.05) is 23.2 Å². The predicted octanol–water partition coefficient (Wildman–Crippen LogP) is 3.12. The molecule has 0 unspecified atom stereocenters. The van der Waals surface area contributed by atoms with Gasteiger partial charge in [0.15, 0.2) is 5.13 Å². The van der Waals surface area contributed by atoms with Crippen molar-refractivity contribution in [1.29, 1.82) is 0 Å². The highest BCUT2D eigenvalue weighted by Gasteiger charge is 2.26. The van der Waals surface area contributed by atoms with E-state index in [4.69, 9.17) is 0 Å². The summed E-state index contributed by atoms with van der Waals surface area (Å²) in [5.74, 6) is 0.219. The van der Waals surface area contributed by atoms with Crippen LogP contribution in [0.1, 0.15) is 34.9 Å². The summed E-state index contributed by atoms with van der Waals surface area (Å²) in [5.41, 5.74) is 2.84. The molecule has 1 fully saturated rings. The first-order valence-corrected chi connectivity index (χ1v) is 8.18. The molecular formula is C16H13N5OS. The smallest absolute Gasteiger partial charge is 0.276 e. The van der Waals surface area contributed by atoms with E-state index >= 15 is 0 Å². The minimum Gasteiger partial charge on any atom is -0.296 e. The largest absolute Gasteiger partial charge is 0.296 e. The van der Waals surface area contributed by atoms with Gasteiger partial charge in [0.05, 0.1) is 5.69 Å². The average molecular weight is 323 g/mol. The van der Waals surface area contributed by atoms with Crippen molar-refractivity contribution in [1.82, 2.24) is 19.9 Å². The molecule has 1 amide bonds. The summed E-state index contributed by atoms with van der Waals surface area (Å²) in [6.45, 7) is 0. The van der Waals surface area contributed by atoms with E-state index in [1.54, 1.807) is 12.3 Å². The summed E-state index contributed by atoms with van der Waals surface area (Å²) in [4.78, 5) is 29.2. The molecule has 3 heterocycles. The molecular weight excluding hydrogens is 310 g/mol. The quantitative estimate of drug-likeness (QED) is 0.798. The van der Waals surface area contributed by atoms with Gasteiger partial charge in [0.1, 0.15) is 17.7 Å². The molecule has 0 spiro atoms. The Labute approximate surface area is 136 Å². The highest BCUT2D eigenvalue weighted by Crippen LogP contribution is 2.38. The molecule has 0 saturated heterocycles. The van der Waals surface area contributed by atoms with Crippen LogP contribution >= 0.6 is 11.3 Å². The van der Waals surface area contributed by atoms with Crippen LogP contribution < -0.4 is 5.32 Å². The van der Waals surface area contributed by atoms with E-state index in [-0.39, 0.29) is 5.91 Å². The second-order valence-corrected chi connectivity index (χ2v) is 6.17. The normalized spacial score (nSPS) is 13.7. The molecule has 0 aliphatic heterocycles. The van der Waals surface area contributed by atoms with E-state index < -0.39 is 0 Å². The van der Waals surface area contributed by atoms with Crippen molar-refractivity contribution >= 4 is 22.4 Å². The molecule has 23 heavy (non-hydrogen) atoms. The van der Waals surface area contributed by atoms with Gasteiger partial charge in [-0.3, -0.25) is 15.1 Å². The number of rotatable bonds is 4. The fraction of sp³-hybridized carbons (Fsp3) is 0.188. The Kier molecular flexibility index (Phi) is 3.55. The number of hydrogen-bond donors (Lipinski definition) is 1. The highest BCUT2D eigenvalue weighted by molar-refractivity contribution is 7.14. The first-order chi connectivity index (χ1) is 11.3. The van der Waals surface area contributed by atoms with E-state index in [9.17, 15) is 4.79 Å². The molecule has 6 nitrogen and oxygen atoms in total. The molecule has 3 aromatic rings. The first-order valence-electron chi connectivity index (χ1n) is 7.30. The topological polar surface area (TPSA) is 80.7 Å². The Balaban J connectivity index is 1.51. The average Bonchev–Trinajstić information content (AvgIpc) is 3.35. The van der Waals surface area contributed by atoms with Crippen molar-refractivity contribution in [2.24, 2.45) is 0 Å². The van der Waals surface area contributed by atoms with Gasteiger partial charge in [-0.15, -0.1) is 11.3 Å². The Hall–Kier alpha value is -2.67. The summed E-state index contributed by atoms with van der Waals surface area (Å²) in [6.07, 6.45) is 5.44. The Morgan fingerprint density at radius 1 is 1.17 bits per heavy atom. The van der Waals surface area contributed by atoms with E-state index in [0.29, 0.717) is 16.7 Å². The third kappa shape index (κ3) is 3.09. The van der Waals surface area contributed by atoms with Gasteiger partial charge in [-0.2, -0.15) is 0 Å². The van der Waals surface area contributed by atoms with Gasteiger partial charge in [-0.05, 0) is 31.0 Å². The maximum absolute atomic E-state index is 12.3. The number of carbonyl (C=O) groups excluding carboxylic acids is 1. The number of pyridine rings is 1. The SMILES string of the molecule is O=C(Nc1nc(-c2ccccn2)cs1)c1cc(C2CC2)ncn1. The number of thiazole rings is 1. The molecule has 7 heteroatoms. The Morgan fingerprint density at radius 3 is 2.87 bits per heavy atom. The van der Waals surface area contributed by atoms with Crippen molar-refractivity contribution in [3.8, 4) is 11.4 Å². The summed E-state index contributed by atoms with van der Waals surface area (Å²) < 4.78 is 0. The zero-order valence-electron chi connectivity index (χ0n) is 12.1. The van der Waals surface area contributed by atoms with Crippen LogP contribution in [0.4, 0.5) is 5.13 Å². The molecule has 1 saturated carbocycles. The Bertz CT molecular complexity index is 844. The third-order valence-electron chi connectivity index (χ3n) is 3.57. The lowest BCUT2D eigenvalue weighted by Gasteiger charge is -2.02. The van der Waals surface area contributed by atoms with E-state index in [2.05, 4.69) is 25.3 Å². The molecule has 0 atom stereocenters. The lowest BCUT2D eigenvalue weighted by molar-refractivity contribution is 0.102. The molecule has 1 aliphatic rings. The summed E-state index contributed by atoms with van der Waals surface area (Å²) in [6, 6.07) is 7.40. The zero-order chi connectivity index (χ0) is 15.6. The predicted molar refractivity (Wildman–Crippen MR) is 87.3 cm³/mol. The number of amides is 1. The fourth-order valence-corrected chi connectivity index (χ4v) is 2.92. The molecule has 114 valence electrons. The maximum atomic E-state index is 12.3. The number of aromatic nitrogens is 4. The third-order valence-corrected chi connectivity index (χ3v) is 4.33. The van der Waals surface area contributed by atoms with Crippen molar-refractivity contribution < 1.29 is 4.79 Å². The minimum absolute atomic E-state index is 0.267. The molecule has 0 radical (unpaired) electrons. The van der Waals surface area contributed by atoms with Crippen LogP contribution in [-0.4, -0.2) is 25.8 Å². The lowest BCUT2D eigenvalue weighted by atomic mass is 10.2. The van der Waals surface area contributed by atoms with Crippen LogP contribution in [0.25, 0.3) is 11.4 Å². The molecule has 1 aliphatic carbocycles. The van der Waals surface area contributed by atoms with Crippen LogP contribution in [0.5, 0.6) is 0 Å². The van der Waals surface area contributed by atoms with Gasteiger partial charge >= 0.3 is 0 Å². The molecule has 1 N–H and O–H groups in total. The number of anilines is 1. The van der Waals surface area contributed by atoms with Gasteiger partial charge < -0.3 is 0 Å². The second kappa shape index (κ2) is 5.85. The van der Waals surface area contributed by atoms with Gasteiger partial charge in [-0.25, -0.2) is 15.0 Å². The van der Waals surface area contributed by atoms with Crippen LogP contribution in [0, 0.1) is 0 Å². The molecule has 3 aromatic heterocycles. The second-order valence-electron chi connectivity index (χ2n) is 5.31. The molecule has 0 aromatic carbocycles. The number of carbonyl (C=O) groups is 1. The van der Waals surface area contributed by atoms with Gasteiger partial charge in [0.2, 0.25) is 0 Å². The maximum Gasteiger partial charge on any atom is 0.276 e. The highest BCUT2D eigenvalue weighted by atomic mass is 32.1. The first kappa shape index (κ1) is 14.0. The van der Waals surface area contributed by atoms with Crippen LogP contribution in [-0.2, 0) is 0 Å².